The molecule has 1 aromatic rings. The fourth-order valence-corrected chi connectivity index (χ4v) is 4.40. The summed E-state index contributed by atoms with van der Waals surface area (Å²) in [5.74, 6) is -0.0515. The lowest BCUT2D eigenvalue weighted by Crippen LogP contribution is -2.45. The van der Waals surface area contributed by atoms with Crippen LogP contribution in [0.2, 0.25) is 0 Å². The van der Waals surface area contributed by atoms with Gasteiger partial charge in [0.2, 0.25) is 15.9 Å². The number of amides is 1. The van der Waals surface area contributed by atoms with Crippen molar-refractivity contribution >= 4 is 21.6 Å². The first-order chi connectivity index (χ1) is 11.5. The summed E-state index contributed by atoms with van der Waals surface area (Å²) in [6.45, 7) is 3.55. The van der Waals surface area contributed by atoms with Crippen LogP contribution >= 0.6 is 0 Å². The highest BCUT2D eigenvalue weighted by molar-refractivity contribution is 7.89. The molecule has 0 unspecified atom stereocenters. The molecule has 2 rings (SSSR count). The van der Waals surface area contributed by atoms with E-state index in [0.717, 1.165) is 5.69 Å². The molecule has 134 valence electrons. The van der Waals surface area contributed by atoms with Crippen molar-refractivity contribution in [3.63, 3.8) is 0 Å². The summed E-state index contributed by atoms with van der Waals surface area (Å²) >= 11 is 0. The predicted molar refractivity (Wildman–Crippen MR) is 94.4 cm³/mol. The highest BCUT2D eigenvalue weighted by atomic mass is 32.2. The predicted octanol–water partition coefficient (Wildman–Crippen LogP) is 1.73. The molecule has 1 fully saturated rings. The van der Waals surface area contributed by atoms with Gasteiger partial charge in [0.15, 0.2) is 0 Å². The van der Waals surface area contributed by atoms with Gasteiger partial charge in [0.1, 0.15) is 0 Å². The zero-order chi connectivity index (χ0) is 17.6. The number of para-hydroxylation sites is 1. The first kappa shape index (κ1) is 18.9. The van der Waals surface area contributed by atoms with E-state index in [-0.39, 0.29) is 24.2 Å². The normalized spacial score (nSPS) is 16.9. The number of piperidine rings is 1. The summed E-state index contributed by atoms with van der Waals surface area (Å²) in [4.78, 5) is 14.6. The van der Waals surface area contributed by atoms with Crippen LogP contribution in [0.3, 0.4) is 0 Å². The number of nitrogens with zero attached hydrogens (tertiary/aromatic N) is 2. The summed E-state index contributed by atoms with van der Waals surface area (Å²) < 4.78 is 30.7. The Kier molecular flexibility index (Phi) is 6.77. The van der Waals surface area contributed by atoms with Gasteiger partial charge >= 0.3 is 0 Å². The van der Waals surface area contributed by atoms with Gasteiger partial charge in [-0.1, -0.05) is 18.2 Å². The topological polar surface area (TPSA) is 66.9 Å². The molecule has 1 saturated heterocycles. The first-order valence-electron chi connectivity index (χ1n) is 8.32. The van der Waals surface area contributed by atoms with Crippen molar-refractivity contribution in [2.45, 2.75) is 19.8 Å². The molecule has 1 aromatic carbocycles. The van der Waals surface area contributed by atoms with Gasteiger partial charge in [-0.25, -0.2) is 12.7 Å². The van der Waals surface area contributed by atoms with Crippen molar-refractivity contribution < 1.29 is 17.9 Å². The monoisotopic (exact) mass is 354 g/mol. The Morgan fingerprint density at radius 1 is 1.25 bits per heavy atom. The van der Waals surface area contributed by atoms with Crippen LogP contribution in [-0.2, 0) is 19.6 Å². The first-order valence-corrected chi connectivity index (χ1v) is 9.93. The molecule has 1 heterocycles. The molecular weight excluding hydrogens is 328 g/mol. The Morgan fingerprint density at radius 3 is 2.42 bits per heavy atom. The van der Waals surface area contributed by atoms with Gasteiger partial charge < -0.3 is 9.64 Å². The minimum absolute atomic E-state index is 0.00673. The molecule has 7 heteroatoms. The maximum Gasteiger partial charge on any atom is 0.230 e. The Bertz CT molecular complexity index is 625. The number of hydrogen-bond acceptors (Lipinski definition) is 4. The third-order valence-electron chi connectivity index (χ3n) is 4.39. The van der Waals surface area contributed by atoms with Crippen molar-refractivity contribution in [3.05, 3.63) is 30.3 Å². The van der Waals surface area contributed by atoms with Crippen LogP contribution in [0, 0.1) is 5.92 Å². The second-order valence-corrected chi connectivity index (χ2v) is 7.99. The summed E-state index contributed by atoms with van der Waals surface area (Å²) in [6, 6.07) is 9.59. The zero-order valence-electron chi connectivity index (χ0n) is 14.3. The molecule has 0 aromatic heterocycles. The van der Waals surface area contributed by atoms with E-state index in [1.807, 2.05) is 37.3 Å². The Balaban J connectivity index is 1.97. The van der Waals surface area contributed by atoms with Gasteiger partial charge in [0.25, 0.3) is 0 Å². The number of anilines is 1. The van der Waals surface area contributed by atoms with Crippen LogP contribution in [-0.4, -0.2) is 57.7 Å². The third kappa shape index (κ3) is 4.55. The second kappa shape index (κ2) is 8.60. The Labute approximate surface area is 144 Å². The number of methoxy groups -OCH3 is 1. The van der Waals surface area contributed by atoms with Gasteiger partial charge in [0.05, 0.1) is 12.4 Å². The summed E-state index contributed by atoms with van der Waals surface area (Å²) in [5, 5.41) is 0. The van der Waals surface area contributed by atoms with Gasteiger partial charge in [-0.05, 0) is 31.9 Å². The second-order valence-electron chi connectivity index (χ2n) is 5.90. The molecule has 0 saturated carbocycles. The van der Waals surface area contributed by atoms with E-state index in [1.165, 1.54) is 11.4 Å². The Hall–Kier alpha value is -1.44. The third-order valence-corrected chi connectivity index (χ3v) is 6.23. The maximum absolute atomic E-state index is 12.8. The van der Waals surface area contributed by atoms with E-state index < -0.39 is 10.0 Å². The molecule has 0 aliphatic carbocycles. The number of benzene rings is 1. The number of hydrogen-bond donors (Lipinski definition) is 0. The number of ether oxygens (including phenoxy) is 1. The summed E-state index contributed by atoms with van der Waals surface area (Å²) in [5.41, 5.74) is 0.889. The maximum atomic E-state index is 12.8. The molecule has 6 nitrogen and oxygen atoms in total. The van der Waals surface area contributed by atoms with Crippen molar-refractivity contribution in [3.8, 4) is 0 Å². The van der Waals surface area contributed by atoms with Crippen LogP contribution in [0.4, 0.5) is 5.69 Å². The lowest BCUT2D eigenvalue weighted by atomic mass is 9.96. The fraction of sp³-hybridized carbons (Fsp3) is 0.588. The largest absolute Gasteiger partial charge is 0.384 e. The van der Waals surface area contributed by atoms with E-state index in [2.05, 4.69) is 0 Å². The Morgan fingerprint density at radius 2 is 1.88 bits per heavy atom. The van der Waals surface area contributed by atoms with Crippen molar-refractivity contribution in [2.75, 3.05) is 44.0 Å². The molecule has 1 amide bonds. The minimum Gasteiger partial charge on any atom is -0.384 e. The minimum atomic E-state index is -3.29. The van der Waals surface area contributed by atoms with Crippen LogP contribution in [0.15, 0.2) is 30.3 Å². The van der Waals surface area contributed by atoms with E-state index >= 15 is 0 Å². The fourth-order valence-electron chi connectivity index (χ4n) is 2.99. The average molecular weight is 354 g/mol. The molecule has 24 heavy (non-hydrogen) atoms. The van der Waals surface area contributed by atoms with Gasteiger partial charge in [-0.15, -0.1) is 0 Å². The summed E-state index contributed by atoms with van der Waals surface area (Å²) in [6.07, 6.45) is 1.13. The van der Waals surface area contributed by atoms with Gasteiger partial charge in [-0.3, -0.25) is 4.79 Å². The van der Waals surface area contributed by atoms with E-state index in [1.54, 1.807) is 4.90 Å². The van der Waals surface area contributed by atoms with Crippen LogP contribution < -0.4 is 4.90 Å². The molecule has 0 radical (unpaired) electrons. The zero-order valence-corrected chi connectivity index (χ0v) is 15.2. The average Bonchev–Trinajstić information content (AvgIpc) is 2.61. The number of sulfonamides is 1. The van der Waals surface area contributed by atoms with Gasteiger partial charge in [0, 0.05) is 38.3 Å². The molecular formula is C17H26N2O4S. The quantitative estimate of drug-likeness (QED) is 0.748. The van der Waals surface area contributed by atoms with E-state index in [4.69, 9.17) is 4.74 Å². The lowest BCUT2D eigenvalue weighted by Gasteiger charge is -2.33. The smallest absolute Gasteiger partial charge is 0.230 e. The van der Waals surface area contributed by atoms with Gasteiger partial charge in [-0.2, -0.15) is 0 Å². The van der Waals surface area contributed by atoms with Crippen molar-refractivity contribution in [2.24, 2.45) is 5.92 Å². The highest BCUT2D eigenvalue weighted by Gasteiger charge is 2.32. The number of carbonyl (C=O) groups is 1. The van der Waals surface area contributed by atoms with Crippen LogP contribution in [0.5, 0.6) is 0 Å². The highest BCUT2D eigenvalue weighted by Crippen LogP contribution is 2.24. The van der Waals surface area contributed by atoms with Crippen molar-refractivity contribution in [1.29, 1.82) is 0 Å². The van der Waals surface area contributed by atoms with Crippen molar-refractivity contribution in [1.82, 2.24) is 4.31 Å². The number of carbonyl (C=O) groups excluding carboxylic acids is 1. The lowest BCUT2D eigenvalue weighted by molar-refractivity contribution is -0.123. The molecule has 1 aliphatic rings. The number of rotatable bonds is 7. The van der Waals surface area contributed by atoms with E-state index in [0.29, 0.717) is 32.5 Å². The van der Waals surface area contributed by atoms with Crippen LogP contribution in [0.1, 0.15) is 19.8 Å². The molecule has 0 atom stereocenters. The standard InChI is InChI=1S/C17H26N2O4S/c1-3-19(16-7-5-4-6-8-16)17(20)15-9-11-18(12-10-15)24(21,22)14-13-23-2/h4-8,15H,3,9-14H2,1-2H3. The molecule has 0 bridgehead atoms. The molecule has 0 spiro atoms. The van der Waals surface area contributed by atoms with Crippen LogP contribution in [0.25, 0.3) is 0 Å². The molecule has 1 aliphatic heterocycles. The SMILES string of the molecule is CCN(C(=O)C1CCN(S(=O)(=O)CCOC)CC1)c1ccccc1. The van der Waals surface area contributed by atoms with E-state index in [9.17, 15) is 13.2 Å². The molecule has 0 N–H and O–H groups in total. The summed E-state index contributed by atoms with van der Waals surface area (Å²) in [7, 11) is -1.80.